The van der Waals surface area contributed by atoms with Crippen LogP contribution in [0.5, 0.6) is 0 Å². The van der Waals surface area contributed by atoms with Gasteiger partial charge in [0.1, 0.15) is 11.4 Å². The molecule has 1 fully saturated rings. The first-order valence-corrected chi connectivity index (χ1v) is 13.9. The summed E-state index contributed by atoms with van der Waals surface area (Å²) >= 11 is 6.80. The first-order valence-electron chi connectivity index (χ1n) is 13.5. The molecule has 8 heteroatoms. The lowest BCUT2D eigenvalue weighted by atomic mass is 9.95. The van der Waals surface area contributed by atoms with E-state index in [0.717, 1.165) is 30.5 Å². The molecule has 4 heterocycles. The summed E-state index contributed by atoms with van der Waals surface area (Å²) in [6.45, 7) is 8.90. The molecule has 0 bridgehead atoms. The fourth-order valence-corrected chi connectivity index (χ4v) is 5.96. The summed E-state index contributed by atoms with van der Waals surface area (Å²) in [6, 6.07) is 13.6. The summed E-state index contributed by atoms with van der Waals surface area (Å²) in [6.07, 6.45) is 4.82. The van der Waals surface area contributed by atoms with Crippen LogP contribution in [0.15, 0.2) is 53.1 Å². The molecule has 6 rings (SSSR count). The van der Waals surface area contributed by atoms with Gasteiger partial charge < -0.3 is 14.5 Å². The number of nitrogens with zero attached hydrogens (tertiary/aromatic N) is 2. The molecule has 2 aliphatic rings. The second-order valence-corrected chi connectivity index (χ2v) is 11.8. The van der Waals surface area contributed by atoms with Gasteiger partial charge in [-0.05, 0) is 88.7 Å². The molecular formula is C31H32ClN3O4. The van der Waals surface area contributed by atoms with Crippen molar-refractivity contribution in [1.29, 1.82) is 0 Å². The van der Waals surface area contributed by atoms with E-state index in [1.165, 1.54) is 24.8 Å². The van der Waals surface area contributed by atoms with Crippen LogP contribution in [0, 0.1) is 0 Å². The number of fused-ring (bicyclic) bond motifs is 2. The minimum absolute atomic E-state index is 0.223. The molecule has 2 aromatic heterocycles. The van der Waals surface area contributed by atoms with Crippen molar-refractivity contribution in [3.63, 3.8) is 0 Å². The third kappa shape index (κ3) is 4.85. The highest BCUT2D eigenvalue weighted by Gasteiger charge is 2.32. The highest BCUT2D eigenvalue weighted by molar-refractivity contribution is 6.35. The van der Waals surface area contributed by atoms with Gasteiger partial charge >= 0.3 is 6.09 Å². The van der Waals surface area contributed by atoms with E-state index >= 15 is 0 Å². The van der Waals surface area contributed by atoms with Crippen LogP contribution in [0.2, 0.25) is 5.02 Å². The molecule has 2 aromatic carbocycles. The van der Waals surface area contributed by atoms with Gasteiger partial charge in [0.05, 0.1) is 28.1 Å². The van der Waals surface area contributed by atoms with Gasteiger partial charge in [-0.3, -0.25) is 9.69 Å². The summed E-state index contributed by atoms with van der Waals surface area (Å²) < 4.78 is 13.1. The normalized spacial score (nSPS) is 15.9. The molecule has 2 aliphatic heterocycles. The van der Waals surface area contributed by atoms with Gasteiger partial charge in [-0.2, -0.15) is 0 Å². The summed E-state index contributed by atoms with van der Waals surface area (Å²) in [5.41, 5.74) is 4.23. The largest absolute Gasteiger partial charge is 0.464 e. The number of carbonyl (C=O) groups excluding carboxylic acids is 2. The SMILES string of the molecule is CC(C)(C)OC(=O)n1c(-c2cc(-c3ccco3)c(Cl)c3c2C(=O)NC3)cc2cc(CN3CCCCC3)ccc21. The van der Waals surface area contributed by atoms with E-state index in [0.29, 0.717) is 45.3 Å². The average Bonchev–Trinajstić information content (AvgIpc) is 3.63. The molecule has 0 unspecified atom stereocenters. The smallest absolute Gasteiger partial charge is 0.419 e. The van der Waals surface area contributed by atoms with Crippen LogP contribution in [0.25, 0.3) is 33.5 Å². The van der Waals surface area contributed by atoms with E-state index in [9.17, 15) is 9.59 Å². The van der Waals surface area contributed by atoms with Crippen LogP contribution in [-0.2, 0) is 17.8 Å². The van der Waals surface area contributed by atoms with E-state index in [1.54, 1.807) is 16.9 Å². The Balaban J connectivity index is 1.55. The second kappa shape index (κ2) is 9.88. The number of amides is 1. The quantitative estimate of drug-likeness (QED) is 0.292. The summed E-state index contributed by atoms with van der Waals surface area (Å²) in [7, 11) is 0. The van der Waals surface area contributed by atoms with E-state index < -0.39 is 11.7 Å². The maximum atomic E-state index is 13.7. The number of halogens is 1. The van der Waals surface area contributed by atoms with Gasteiger partial charge in [0, 0.05) is 35.2 Å². The minimum atomic E-state index is -0.697. The number of aromatic nitrogens is 1. The fourth-order valence-electron chi connectivity index (χ4n) is 5.65. The zero-order chi connectivity index (χ0) is 27.3. The van der Waals surface area contributed by atoms with E-state index in [2.05, 4.69) is 22.3 Å². The van der Waals surface area contributed by atoms with Crippen molar-refractivity contribution in [3.05, 3.63) is 70.4 Å². The van der Waals surface area contributed by atoms with E-state index in [4.69, 9.17) is 20.8 Å². The Morgan fingerprint density at radius 2 is 1.87 bits per heavy atom. The standard InChI is InChI=1S/C31H32ClN3O4/c1-31(2,3)39-30(37)35-24-10-9-19(18-34-11-5-4-6-12-34)14-20(24)15-25(35)21-16-22(26-8-7-13-38-26)28(32)23-17-33-29(36)27(21)23/h7-10,13-16H,4-6,11-12,17-18H2,1-3H3,(H,33,36). The van der Waals surface area contributed by atoms with Crippen LogP contribution >= 0.6 is 11.6 Å². The number of hydrogen-bond acceptors (Lipinski definition) is 5. The van der Waals surface area contributed by atoms with Gasteiger partial charge in [-0.25, -0.2) is 9.36 Å². The molecule has 202 valence electrons. The van der Waals surface area contributed by atoms with Crippen molar-refractivity contribution >= 4 is 34.5 Å². The maximum absolute atomic E-state index is 13.7. The molecule has 1 saturated heterocycles. The Morgan fingerprint density at radius 3 is 2.59 bits per heavy atom. The van der Waals surface area contributed by atoms with E-state index in [1.807, 2.05) is 45.0 Å². The highest BCUT2D eigenvalue weighted by Crippen LogP contribution is 2.42. The van der Waals surface area contributed by atoms with Gasteiger partial charge in [0.2, 0.25) is 0 Å². The number of furan rings is 1. The number of nitrogens with one attached hydrogen (secondary N) is 1. The second-order valence-electron chi connectivity index (χ2n) is 11.4. The molecule has 0 spiro atoms. The van der Waals surface area contributed by atoms with Gasteiger partial charge in [0.25, 0.3) is 5.91 Å². The lowest BCUT2D eigenvalue weighted by Gasteiger charge is -2.26. The number of hydrogen-bond donors (Lipinski definition) is 1. The molecule has 0 aliphatic carbocycles. The highest BCUT2D eigenvalue weighted by atomic mass is 35.5. The van der Waals surface area contributed by atoms with Crippen molar-refractivity contribution in [1.82, 2.24) is 14.8 Å². The first-order chi connectivity index (χ1) is 18.7. The van der Waals surface area contributed by atoms with Crippen LogP contribution in [-0.4, -0.2) is 40.2 Å². The van der Waals surface area contributed by atoms with Crippen LogP contribution in [0.3, 0.4) is 0 Å². The lowest BCUT2D eigenvalue weighted by Crippen LogP contribution is -2.29. The number of likely N-dealkylation sites (tertiary alicyclic amines) is 1. The lowest BCUT2D eigenvalue weighted by molar-refractivity contribution is 0.0547. The first kappa shape index (κ1) is 25.7. The Morgan fingerprint density at radius 1 is 1.08 bits per heavy atom. The fraction of sp³-hybridized carbons (Fsp3) is 0.355. The Kier molecular flexibility index (Phi) is 6.52. The van der Waals surface area contributed by atoms with Crippen LogP contribution in [0.4, 0.5) is 4.79 Å². The number of carbonyl (C=O) groups is 2. The molecule has 1 amide bonds. The zero-order valence-electron chi connectivity index (χ0n) is 22.5. The van der Waals surface area contributed by atoms with Crippen molar-refractivity contribution in [2.45, 2.75) is 58.7 Å². The van der Waals surface area contributed by atoms with Crippen LogP contribution < -0.4 is 5.32 Å². The Hall–Kier alpha value is -3.55. The zero-order valence-corrected chi connectivity index (χ0v) is 23.2. The van der Waals surface area contributed by atoms with Gasteiger partial charge in [0.15, 0.2) is 0 Å². The Bertz CT molecular complexity index is 1570. The van der Waals surface area contributed by atoms with E-state index in [-0.39, 0.29) is 5.91 Å². The topological polar surface area (TPSA) is 76.7 Å². The maximum Gasteiger partial charge on any atom is 0.419 e. The molecule has 0 radical (unpaired) electrons. The summed E-state index contributed by atoms with van der Waals surface area (Å²) in [5, 5.41) is 4.27. The molecule has 0 atom stereocenters. The van der Waals surface area contributed by atoms with Gasteiger partial charge in [-0.15, -0.1) is 0 Å². The predicted octanol–water partition coefficient (Wildman–Crippen LogP) is 7.23. The molecule has 7 nitrogen and oxygen atoms in total. The van der Waals surface area contributed by atoms with Crippen molar-refractivity contribution < 1.29 is 18.7 Å². The third-order valence-corrected chi connectivity index (χ3v) is 7.81. The predicted molar refractivity (Wildman–Crippen MR) is 152 cm³/mol. The van der Waals surface area contributed by atoms with Crippen molar-refractivity contribution in [2.75, 3.05) is 13.1 Å². The number of benzene rings is 2. The molecule has 0 saturated carbocycles. The Labute approximate surface area is 232 Å². The molecule has 1 N–H and O–H groups in total. The number of ether oxygens (including phenoxy) is 1. The van der Waals surface area contributed by atoms with Gasteiger partial charge in [-0.1, -0.05) is 24.1 Å². The average molecular weight is 546 g/mol. The minimum Gasteiger partial charge on any atom is -0.464 e. The molecule has 4 aromatic rings. The monoisotopic (exact) mass is 545 g/mol. The van der Waals surface area contributed by atoms with Crippen LogP contribution in [0.1, 0.15) is 61.5 Å². The number of rotatable bonds is 4. The molecular weight excluding hydrogens is 514 g/mol. The summed E-state index contributed by atoms with van der Waals surface area (Å²) in [5.74, 6) is 0.367. The summed E-state index contributed by atoms with van der Waals surface area (Å²) in [4.78, 5) is 29.2. The van der Waals surface area contributed by atoms with Crippen molar-refractivity contribution in [2.24, 2.45) is 0 Å². The number of piperidine rings is 1. The third-order valence-electron chi connectivity index (χ3n) is 7.37. The van der Waals surface area contributed by atoms with Crippen molar-refractivity contribution in [3.8, 4) is 22.6 Å². The molecule has 39 heavy (non-hydrogen) atoms.